The predicted octanol–water partition coefficient (Wildman–Crippen LogP) is 3.23. The minimum absolute atomic E-state index is 0.204. The highest BCUT2D eigenvalue weighted by Gasteiger charge is 2.00. The first-order valence-corrected chi connectivity index (χ1v) is 6.24. The van der Waals surface area contributed by atoms with Gasteiger partial charge in [-0.05, 0) is 25.1 Å². The fourth-order valence-electron chi connectivity index (χ4n) is 1.40. The highest BCUT2D eigenvalue weighted by molar-refractivity contribution is 9.10. The van der Waals surface area contributed by atoms with E-state index in [4.69, 9.17) is 4.74 Å². The Hall–Kier alpha value is -0.710. The van der Waals surface area contributed by atoms with Crippen molar-refractivity contribution in [2.24, 2.45) is 0 Å². The maximum absolute atomic E-state index is 13.5. The second-order valence-corrected chi connectivity index (χ2v) is 4.74. The number of hydrogen-bond acceptors (Lipinski definition) is 2. The zero-order valence-corrected chi connectivity index (χ0v) is 11.7. The van der Waals surface area contributed by atoms with E-state index in [9.17, 15) is 4.39 Å². The minimum atomic E-state index is -0.204. The van der Waals surface area contributed by atoms with Gasteiger partial charge in [0.15, 0.2) is 0 Å². The molecule has 0 amide bonds. The van der Waals surface area contributed by atoms with Crippen LogP contribution in [0.5, 0.6) is 0 Å². The largest absolute Gasteiger partial charge is 0.383 e. The van der Waals surface area contributed by atoms with Crippen LogP contribution >= 0.6 is 15.9 Å². The molecule has 0 saturated carbocycles. The Balaban J connectivity index is 2.57. The van der Waals surface area contributed by atoms with Crippen molar-refractivity contribution in [3.63, 3.8) is 0 Å². The van der Waals surface area contributed by atoms with Crippen molar-refractivity contribution in [3.05, 3.63) is 39.6 Å². The molecule has 0 aliphatic rings. The molecule has 0 aromatic heterocycles. The van der Waals surface area contributed by atoms with Crippen molar-refractivity contribution in [1.29, 1.82) is 0 Å². The third-order valence-electron chi connectivity index (χ3n) is 2.25. The van der Waals surface area contributed by atoms with Crippen LogP contribution in [-0.2, 0) is 4.74 Å². The summed E-state index contributed by atoms with van der Waals surface area (Å²) in [6, 6.07) is 4.92. The van der Waals surface area contributed by atoms with Gasteiger partial charge in [-0.15, -0.1) is 0 Å². The molecule has 0 saturated heterocycles. The van der Waals surface area contributed by atoms with E-state index in [0.29, 0.717) is 12.2 Å². The Labute approximate surface area is 110 Å². The van der Waals surface area contributed by atoms with Gasteiger partial charge in [0, 0.05) is 30.2 Å². The number of halogens is 2. The number of nitrogens with one attached hydrogen (secondary N) is 1. The first-order chi connectivity index (χ1) is 8.13. The van der Waals surface area contributed by atoms with E-state index >= 15 is 0 Å². The van der Waals surface area contributed by atoms with E-state index < -0.39 is 0 Å². The smallest absolute Gasteiger partial charge is 0.130 e. The maximum atomic E-state index is 13.5. The molecule has 0 radical (unpaired) electrons. The van der Waals surface area contributed by atoms with E-state index in [1.54, 1.807) is 19.2 Å². The molecule has 0 bridgehead atoms. The monoisotopic (exact) mass is 301 g/mol. The van der Waals surface area contributed by atoms with Crippen LogP contribution in [0.4, 0.5) is 4.39 Å². The fraction of sp³-hybridized carbons (Fsp3) is 0.385. The van der Waals surface area contributed by atoms with Crippen molar-refractivity contribution < 1.29 is 9.13 Å². The number of benzene rings is 1. The molecule has 0 unspecified atom stereocenters. The first-order valence-electron chi connectivity index (χ1n) is 5.45. The molecular weight excluding hydrogens is 285 g/mol. The Morgan fingerprint density at radius 2 is 2.29 bits per heavy atom. The average molecular weight is 302 g/mol. The van der Waals surface area contributed by atoms with Gasteiger partial charge in [-0.2, -0.15) is 0 Å². The lowest BCUT2D eigenvalue weighted by Gasteiger charge is -2.05. The molecule has 0 aliphatic heterocycles. The van der Waals surface area contributed by atoms with Gasteiger partial charge in [-0.1, -0.05) is 27.6 Å². The molecule has 0 atom stereocenters. The Bertz CT molecular complexity index is 393. The van der Waals surface area contributed by atoms with Crippen LogP contribution in [0.1, 0.15) is 12.5 Å². The zero-order chi connectivity index (χ0) is 12.7. The summed E-state index contributed by atoms with van der Waals surface area (Å²) in [5.74, 6) is -0.204. The number of rotatable bonds is 6. The summed E-state index contributed by atoms with van der Waals surface area (Å²) in [5, 5.41) is 3.21. The molecular formula is C13H17BrFNO. The van der Waals surface area contributed by atoms with Crippen LogP contribution in [0, 0.1) is 5.82 Å². The van der Waals surface area contributed by atoms with Gasteiger partial charge in [-0.25, -0.2) is 4.39 Å². The van der Waals surface area contributed by atoms with Crippen molar-refractivity contribution >= 4 is 22.0 Å². The highest BCUT2D eigenvalue weighted by Crippen LogP contribution is 2.17. The Kier molecular flexibility index (Phi) is 6.40. The van der Waals surface area contributed by atoms with Crippen LogP contribution < -0.4 is 5.32 Å². The third-order valence-corrected chi connectivity index (χ3v) is 2.74. The van der Waals surface area contributed by atoms with Crippen LogP contribution in [0.3, 0.4) is 0 Å². The van der Waals surface area contributed by atoms with Gasteiger partial charge in [0.1, 0.15) is 5.82 Å². The zero-order valence-electron chi connectivity index (χ0n) is 10.1. The van der Waals surface area contributed by atoms with Crippen molar-refractivity contribution in [1.82, 2.24) is 5.32 Å². The van der Waals surface area contributed by atoms with Crippen LogP contribution in [-0.4, -0.2) is 26.8 Å². The summed E-state index contributed by atoms with van der Waals surface area (Å²) in [6.07, 6.45) is 1.85. The Morgan fingerprint density at radius 1 is 1.53 bits per heavy atom. The molecule has 0 aliphatic carbocycles. The highest BCUT2D eigenvalue weighted by atomic mass is 79.9. The standard InChI is InChI=1S/C13H17BrFNO/c1-10(9-16-5-6-17-2)7-11-8-12(14)3-4-13(11)15/h3-4,7-8,16H,5-6,9H2,1-2H3. The minimum Gasteiger partial charge on any atom is -0.383 e. The molecule has 2 nitrogen and oxygen atoms in total. The maximum Gasteiger partial charge on any atom is 0.130 e. The summed E-state index contributed by atoms with van der Waals surface area (Å²) in [5.41, 5.74) is 1.68. The van der Waals surface area contributed by atoms with Crippen LogP contribution in [0.15, 0.2) is 28.2 Å². The van der Waals surface area contributed by atoms with Gasteiger partial charge in [-0.3, -0.25) is 0 Å². The summed E-state index contributed by atoms with van der Waals surface area (Å²) < 4.78 is 19.3. The van der Waals surface area contributed by atoms with E-state index in [2.05, 4.69) is 21.2 Å². The van der Waals surface area contributed by atoms with E-state index in [1.165, 1.54) is 6.07 Å². The summed E-state index contributed by atoms with van der Waals surface area (Å²) in [7, 11) is 1.67. The molecule has 0 fully saturated rings. The number of ether oxygens (including phenoxy) is 1. The van der Waals surface area contributed by atoms with Crippen LogP contribution in [0.25, 0.3) is 6.08 Å². The van der Waals surface area contributed by atoms with Gasteiger partial charge in [0.05, 0.1) is 6.61 Å². The van der Waals surface area contributed by atoms with E-state index in [1.807, 2.05) is 13.0 Å². The fourth-order valence-corrected chi connectivity index (χ4v) is 1.78. The van der Waals surface area contributed by atoms with Gasteiger partial charge >= 0.3 is 0 Å². The molecule has 1 aromatic carbocycles. The molecule has 1 N–H and O–H groups in total. The van der Waals surface area contributed by atoms with Gasteiger partial charge in [0.2, 0.25) is 0 Å². The Morgan fingerprint density at radius 3 is 3.00 bits per heavy atom. The predicted molar refractivity (Wildman–Crippen MR) is 72.5 cm³/mol. The van der Waals surface area contributed by atoms with Crippen molar-refractivity contribution in [2.45, 2.75) is 6.92 Å². The molecule has 4 heteroatoms. The lowest BCUT2D eigenvalue weighted by molar-refractivity contribution is 0.200. The summed E-state index contributed by atoms with van der Waals surface area (Å²) in [4.78, 5) is 0. The quantitative estimate of drug-likeness (QED) is 0.815. The average Bonchev–Trinajstić information content (AvgIpc) is 2.29. The first kappa shape index (κ1) is 14.4. The number of hydrogen-bond donors (Lipinski definition) is 1. The lowest BCUT2D eigenvalue weighted by atomic mass is 10.1. The molecule has 94 valence electrons. The van der Waals surface area contributed by atoms with Crippen LogP contribution in [0.2, 0.25) is 0 Å². The molecule has 1 aromatic rings. The van der Waals surface area contributed by atoms with Gasteiger partial charge < -0.3 is 10.1 Å². The molecule has 0 heterocycles. The normalized spacial score (nSPS) is 11.9. The third kappa shape index (κ3) is 5.44. The summed E-state index contributed by atoms with van der Waals surface area (Å²) in [6.45, 7) is 4.18. The van der Waals surface area contributed by atoms with E-state index in [-0.39, 0.29) is 5.82 Å². The molecule has 17 heavy (non-hydrogen) atoms. The van der Waals surface area contributed by atoms with Crippen molar-refractivity contribution in [3.8, 4) is 0 Å². The van der Waals surface area contributed by atoms with E-state index in [0.717, 1.165) is 23.1 Å². The SMILES string of the molecule is COCCNCC(C)=Cc1cc(Br)ccc1F. The molecule has 0 spiro atoms. The topological polar surface area (TPSA) is 21.3 Å². The summed E-state index contributed by atoms with van der Waals surface area (Å²) >= 11 is 3.33. The number of methoxy groups -OCH3 is 1. The second-order valence-electron chi connectivity index (χ2n) is 3.83. The van der Waals surface area contributed by atoms with Gasteiger partial charge in [0.25, 0.3) is 0 Å². The lowest BCUT2D eigenvalue weighted by Crippen LogP contribution is -2.20. The second kappa shape index (κ2) is 7.58. The van der Waals surface area contributed by atoms with Crippen molar-refractivity contribution in [2.75, 3.05) is 26.8 Å². The molecule has 1 rings (SSSR count).